The number of halogens is 1. The lowest BCUT2D eigenvalue weighted by Gasteiger charge is -2.32. The molecule has 24 heavy (non-hydrogen) atoms. The predicted molar refractivity (Wildman–Crippen MR) is 96.3 cm³/mol. The third kappa shape index (κ3) is 2.76. The maximum absolute atomic E-state index is 13.2. The number of benzene rings is 1. The van der Waals surface area contributed by atoms with Crippen molar-refractivity contribution >= 4 is 27.4 Å². The van der Waals surface area contributed by atoms with Gasteiger partial charge in [-0.1, -0.05) is 12.1 Å². The third-order valence-corrected chi connectivity index (χ3v) is 5.66. The smallest absolute Gasteiger partial charge is 0.141 e. The average Bonchev–Trinajstić information content (AvgIpc) is 3.07. The van der Waals surface area contributed by atoms with Crippen LogP contribution in [0.5, 0.6) is 0 Å². The van der Waals surface area contributed by atoms with E-state index in [1.54, 1.807) is 22.6 Å². The fraction of sp³-hybridized carbons (Fsp3) is 0.333. The van der Waals surface area contributed by atoms with Gasteiger partial charge in [0.1, 0.15) is 22.8 Å². The van der Waals surface area contributed by atoms with E-state index in [4.69, 9.17) is 0 Å². The van der Waals surface area contributed by atoms with Gasteiger partial charge in [-0.15, -0.1) is 11.3 Å². The van der Waals surface area contributed by atoms with Crippen LogP contribution in [0.3, 0.4) is 0 Å². The number of anilines is 1. The van der Waals surface area contributed by atoms with Crippen LogP contribution in [0.15, 0.2) is 36.0 Å². The number of nitrogens with one attached hydrogen (secondary N) is 1. The second kappa shape index (κ2) is 6.45. The van der Waals surface area contributed by atoms with Crippen molar-refractivity contribution in [3.63, 3.8) is 0 Å². The quantitative estimate of drug-likeness (QED) is 0.792. The lowest BCUT2D eigenvalue weighted by Crippen LogP contribution is -3.14. The van der Waals surface area contributed by atoms with Crippen molar-refractivity contribution in [1.29, 1.82) is 0 Å². The summed E-state index contributed by atoms with van der Waals surface area (Å²) >= 11 is 1.62. The third-order valence-electron chi connectivity index (χ3n) is 4.78. The van der Waals surface area contributed by atoms with Gasteiger partial charge >= 0.3 is 0 Å². The van der Waals surface area contributed by atoms with Gasteiger partial charge in [-0.25, -0.2) is 14.4 Å². The van der Waals surface area contributed by atoms with Gasteiger partial charge in [0.2, 0.25) is 0 Å². The van der Waals surface area contributed by atoms with Crippen molar-refractivity contribution in [3.8, 4) is 11.1 Å². The Hall–Kier alpha value is -2.05. The van der Waals surface area contributed by atoms with Gasteiger partial charge < -0.3 is 9.80 Å². The fourth-order valence-electron chi connectivity index (χ4n) is 3.33. The number of hydrogen-bond acceptors (Lipinski definition) is 4. The van der Waals surface area contributed by atoms with E-state index in [0.29, 0.717) is 0 Å². The normalized spacial score (nSPS) is 16.0. The van der Waals surface area contributed by atoms with E-state index < -0.39 is 0 Å². The summed E-state index contributed by atoms with van der Waals surface area (Å²) in [5.41, 5.74) is 2.10. The van der Waals surface area contributed by atoms with Crippen LogP contribution in [0.2, 0.25) is 0 Å². The summed E-state index contributed by atoms with van der Waals surface area (Å²) in [6.07, 6.45) is 1.65. The summed E-state index contributed by atoms with van der Waals surface area (Å²) in [5, 5.41) is 3.19. The Morgan fingerprint density at radius 1 is 1.17 bits per heavy atom. The summed E-state index contributed by atoms with van der Waals surface area (Å²) in [6.45, 7) is 7.70. The molecule has 124 valence electrons. The maximum atomic E-state index is 13.2. The Balaban J connectivity index is 1.76. The van der Waals surface area contributed by atoms with Crippen molar-refractivity contribution in [2.75, 3.05) is 37.6 Å². The number of quaternary nitrogens is 1. The molecule has 0 bridgehead atoms. The van der Waals surface area contributed by atoms with Crippen LogP contribution in [0, 0.1) is 5.82 Å². The van der Waals surface area contributed by atoms with Crippen molar-refractivity contribution < 1.29 is 9.29 Å². The Morgan fingerprint density at radius 3 is 2.62 bits per heavy atom. The molecule has 1 N–H and O–H groups in total. The molecule has 0 atom stereocenters. The molecule has 6 heteroatoms. The van der Waals surface area contributed by atoms with E-state index in [2.05, 4.69) is 27.2 Å². The van der Waals surface area contributed by atoms with E-state index in [0.717, 1.165) is 53.3 Å². The second-order valence-corrected chi connectivity index (χ2v) is 6.98. The Labute approximate surface area is 144 Å². The molecule has 1 saturated heterocycles. The van der Waals surface area contributed by atoms with Crippen LogP contribution in [-0.2, 0) is 0 Å². The molecule has 0 radical (unpaired) electrons. The molecule has 1 aliphatic heterocycles. The topological polar surface area (TPSA) is 33.5 Å². The van der Waals surface area contributed by atoms with Crippen LogP contribution >= 0.6 is 11.3 Å². The molecule has 1 fully saturated rings. The second-order valence-electron chi connectivity index (χ2n) is 6.12. The van der Waals surface area contributed by atoms with Gasteiger partial charge in [0.05, 0.1) is 38.1 Å². The summed E-state index contributed by atoms with van der Waals surface area (Å²) in [4.78, 5) is 14.0. The van der Waals surface area contributed by atoms with Crippen LogP contribution in [0.4, 0.5) is 10.2 Å². The fourth-order valence-corrected chi connectivity index (χ4v) is 4.24. The number of rotatable bonds is 3. The zero-order valence-corrected chi connectivity index (χ0v) is 14.4. The van der Waals surface area contributed by atoms with Crippen molar-refractivity contribution in [1.82, 2.24) is 9.97 Å². The summed E-state index contributed by atoms with van der Waals surface area (Å²) < 4.78 is 13.2. The van der Waals surface area contributed by atoms with Gasteiger partial charge in [0.25, 0.3) is 0 Å². The summed E-state index contributed by atoms with van der Waals surface area (Å²) in [5.74, 6) is 0.796. The summed E-state index contributed by atoms with van der Waals surface area (Å²) in [6, 6.07) is 6.66. The minimum Gasteiger partial charge on any atom is -0.345 e. The molecular weight excluding hydrogens is 323 g/mol. The molecule has 3 heterocycles. The van der Waals surface area contributed by atoms with E-state index in [1.165, 1.54) is 18.7 Å². The first-order valence-corrected chi connectivity index (χ1v) is 9.21. The van der Waals surface area contributed by atoms with Crippen LogP contribution in [0.1, 0.15) is 6.92 Å². The van der Waals surface area contributed by atoms with E-state index >= 15 is 0 Å². The monoisotopic (exact) mass is 343 g/mol. The lowest BCUT2D eigenvalue weighted by molar-refractivity contribution is -0.898. The Morgan fingerprint density at radius 2 is 1.92 bits per heavy atom. The molecule has 0 unspecified atom stereocenters. The number of thiophene rings is 1. The van der Waals surface area contributed by atoms with Gasteiger partial charge in [0.15, 0.2) is 0 Å². The highest BCUT2D eigenvalue weighted by Crippen LogP contribution is 2.37. The van der Waals surface area contributed by atoms with Gasteiger partial charge in [-0.2, -0.15) is 0 Å². The highest BCUT2D eigenvalue weighted by molar-refractivity contribution is 7.17. The van der Waals surface area contributed by atoms with Crippen molar-refractivity contribution in [2.45, 2.75) is 6.92 Å². The Bertz CT molecular complexity index is 838. The Kier molecular flexibility index (Phi) is 4.16. The van der Waals surface area contributed by atoms with Crippen molar-refractivity contribution in [3.05, 3.63) is 41.8 Å². The molecular formula is C18H20FN4S+. The van der Waals surface area contributed by atoms with E-state index in [-0.39, 0.29) is 5.82 Å². The number of hydrogen-bond donors (Lipinski definition) is 1. The first-order chi connectivity index (χ1) is 11.8. The van der Waals surface area contributed by atoms with E-state index in [9.17, 15) is 4.39 Å². The largest absolute Gasteiger partial charge is 0.345 e. The van der Waals surface area contributed by atoms with Crippen LogP contribution in [-0.4, -0.2) is 42.7 Å². The molecule has 4 rings (SSSR count). The average molecular weight is 343 g/mol. The number of piperazine rings is 1. The SMILES string of the molecule is CC[NH+]1CCN(c2ncnc3scc(-c4ccc(F)cc4)c23)CC1. The predicted octanol–water partition coefficient (Wildman–Crippen LogP) is 2.22. The molecule has 2 aromatic heterocycles. The minimum atomic E-state index is -0.214. The first-order valence-electron chi connectivity index (χ1n) is 8.33. The minimum absolute atomic E-state index is 0.214. The summed E-state index contributed by atoms with van der Waals surface area (Å²) in [7, 11) is 0. The number of fused-ring (bicyclic) bond motifs is 1. The van der Waals surface area contributed by atoms with Crippen molar-refractivity contribution in [2.24, 2.45) is 0 Å². The zero-order valence-electron chi connectivity index (χ0n) is 13.6. The van der Waals surface area contributed by atoms with Gasteiger partial charge in [-0.05, 0) is 24.6 Å². The molecule has 1 aromatic carbocycles. The number of aromatic nitrogens is 2. The molecule has 0 amide bonds. The number of likely N-dealkylation sites (N-methyl/N-ethyl adjacent to an activating group) is 1. The van der Waals surface area contributed by atoms with Crippen LogP contribution in [0.25, 0.3) is 21.3 Å². The lowest BCUT2D eigenvalue weighted by atomic mass is 10.1. The number of nitrogens with zero attached hydrogens (tertiary/aromatic N) is 3. The molecule has 4 nitrogen and oxygen atoms in total. The van der Waals surface area contributed by atoms with Gasteiger partial charge in [-0.3, -0.25) is 0 Å². The standard InChI is InChI=1S/C18H19FN4S/c1-2-22-7-9-23(10-8-22)17-16-15(11-24-18(16)21-12-20-17)13-3-5-14(19)6-4-13/h3-6,11-12H,2,7-10H2,1H3/p+1. The molecule has 0 aliphatic carbocycles. The molecule has 0 saturated carbocycles. The van der Waals surface area contributed by atoms with E-state index in [1.807, 2.05) is 12.1 Å². The maximum Gasteiger partial charge on any atom is 0.141 e. The zero-order chi connectivity index (χ0) is 16.5. The molecule has 1 aliphatic rings. The molecule has 0 spiro atoms. The highest BCUT2D eigenvalue weighted by Gasteiger charge is 2.23. The molecule has 3 aromatic rings. The highest BCUT2D eigenvalue weighted by atomic mass is 32.1. The van der Waals surface area contributed by atoms with Crippen LogP contribution < -0.4 is 9.80 Å². The van der Waals surface area contributed by atoms with Gasteiger partial charge in [0, 0.05) is 10.9 Å². The first kappa shape index (κ1) is 15.5.